The number of nitrogens with zero attached hydrogens (tertiary/aromatic N) is 1. The summed E-state index contributed by atoms with van der Waals surface area (Å²) >= 11 is 13.4. The SMILES string of the molecule is CC[C@@H](C(=O)NC)N(Cc1ccc(Cl)c(Cl)c1)C(=O)CSCc1ccccc1F. The maximum Gasteiger partial charge on any atom is 0.242 e. The Morgan fingerprint density at radius 2 is 1.90 bits per heavy atom. The van der Waals surface area contributed by atoms with Gasteiger partial charge in [0.2, 0.25) is 11.8 Å². The van der Waals surface area contributed by atoms with E-state index in [0.717, 1.165) is 5.56 Å². The Hall–Kier alpha value is -1.76. The molecule has 0 bridgehead atoms. The van der Waals surface area contributed by atoms with Crippen molar-refractivity contribution in [1.82, 2.24) is 10.2 Å². The smallest absolute Gasteiger partial charge is 0.242 e. The molecule has 4 nitrogen and oxygen atoms in total. The van der Waals surface area contributed by atoms with Crippen LogP contribution >= 0.6 is 35.0 Å². The molecule has 1 atom stereocenters. The van der Waals surface area contributed by atoms with Crippen molar-refractivity contribution in [3.63, 3.8) is 0 Å². The predicted octanol–water partition coefficient (Wildman–Crippen LogP) is 4.92. The highest BCUT2D eigenvalue weighted by Crippen LogP contribution is 2.24. The van der Waals surface area contributed by atoms with Crippen LogP contribution < -0.4 is 5.32 Å². The van der Waals surface area contributed by atoms with Gasteiger partial charge in [-0.2, -0.15) is 0 Å². The highest BCUT2D eigenvalue weighted by molar-refractivity contribution is 7.99. The summed E-state index contributed by atoms with van der Waals surface area (Å²) in [6, 6.07) is 11.0. The number of thioether (sulfide) groups is 1. The fraction of sp³-hybridized carbons (Fsp3) is 0.333. The summed E-state index contributed by atoms with van der Waals surface area (Å²) in [6.45, 7) is 2.07. The number of amides is 2. The zero-order valence-electron chi connectivity index (χ0n) is 16.3. The van der Waals surface area contributed by atoms with Crippen LogP contribution in [0.1, 0.15) is 24.5 Å². The molecule has 0 unspecified atom stereocenters. The third-order valence-corrected chi connectivity index (χ3v) is 6.12. The Morgan fingerprint density at radius 3 is 2.52 bits per heavy atom. The lowest BCUT2D eigenvalue weighted by Crippen LogP contribution is -2.48. The van der Waals surface area contributed by atoms with E-state index in [2.05, 4.69) is 5.32 Å². The van der Waals surface area contributed by atoms with Gasteiger partial charge in [0, 0.05) is 19.3 Å². The molecular weight excluding hydrogens is 434 g/mol. The molecule has 0 saturated heterocycles. The van der Waals surface area contributed by atoms with Gasteiger partial charge in [-0.1, -0.05) is 54.4 Å². The molecule has 2 amide bonds. The molecule has 2 aromatic carbocycles. The third-order valence-electron chi connectivity index (χ3n) is 4.41. The first-order chi connectivity index (χ1) is 13.9. The molecule has 0 spiro atoms. The number of carbonyl (C=O) groups excluding carboxylic acids is 2. The normalized spacial score (nSPS) is 11.8. The average Bonchev–Trinajstić information content (AvgIpc) is 2.71. The molecule has 2 rings (SSSR count). The number of rotatable bonds is 9. The van der Waals surface area contributed by atoms with E-state index < -0.39 is 6.04 Å². The molecule has 29 heavy (non-hydrogen) atoms. The maximum absolute atomic E-state index is 13.8. The Labute approximate surface area is 184 Å². The van der Waals surface area contributed by atoms with Crippen LogP contribution in [0.3, 0.4) is 0 Å². The maximum atomic E-state index is 13.8. The molecule has 0 aliphatic heterocycles. The van der Waals surface area contributed by atoms with Gasteiger partial charge in [-0.15, -0.1) is 11.8 Å². The van der Waals surface area contributed by atoms with E-state index in [1.165, 1.54) is 22.7 Å². The Balaban J connectivity index is 2.14. The van der Waals surface area contributed by atoms with Gasteiger partial charge in [-0.05, 0) is 35.7 Å². The van der Waals surface area contributed by atoms with Gasteiger partial charge in [0.25, 0.3) is 0 Å². The fourth-order valence-corrected chi connectivity index (χ4v) is 4.08. The first-order valence-corrected chi connectivity index (χ1v) is 11.0. The van der Waals surface area contributed by atoms with Crippen LogP contribution in [-0.4, -0.2) is 35.6 Å². The Bertz CT molecular complexity index is 866. The van der Waals surface area contributed by atoms with Crippen LogP contribution in [0.5, 0.6) is 0 Å². The molecular formula is C21H23Cl2FN2O2S. The van der Waals surface area contributed by atoms with E-state index in [4.69, 9.17) is 23.2 Å². The first-order valence-electron chi connectivity index (χ1n) is 9.13. The molecule has 1 N–H and O–H groups in total. The van der Waals surface area contributed by atoms with Crippen molar-refractivity contribution >= 4 is 46.8 Å². The van der Waals surface area contributed by atoms with Gasteiger partial charge in [0.05, 0.1) is 15.8 Å². The van der Waals surface area contributed by atoms with E-state index in [-0.39, 0.29) is 29.9 Å². The molecule has 156 valence electrons. The zero-order chi connectivity index (χ0) is 21.4. The molecule has 0 aromatic heterocycles. The molecule has 0 heterocycles. The van der Waals surface area contributed by atoms with E-state index >= 15 is 0 Å². The first kappa shape index (κ1) is 23.5. The lowest BCUT2D eigenvalue weighted by molar-refractivity contribution is -0.139. The van der Waals surface area contributed by atoms with Crippen molar-refractivity contribution in [2.24, 2.45) is 0 Å². The summed E-state index contributed by atoms with van der Waals surface area (Å²) in [6.07, 6.45) is 0.463. The molecule has 0 radical (unpaired) electrons. The minimum absolute atomic E-state index is 0.128. The van der Waals surface area contributed by atoms with Gasteiger partial charge in [0.15, 0.2) is 0 Å². The Morgan fingerprint density at radius 1 is 1.17 bits per heavy atom. The molecule has 0 saturated carbocycles. The summed E-state index contributed by atoms with van der Waals surface area (Å²) < 4.78 is 13.8. The van der Waals surface area contributed by atoms with E-state index in [9.17, 15) is 14.0 Å². The summed E-state index contributed by atoms with van der Waals surface area (Å²) in [5, 5.41) is 3.42. The molecule has 0 aliphatic rings. The fourth-order valence-electron chi connectivity index (χ4n) is 2.87. The van der Waals surface area contributed by atoms with Gasteiger partial charge in [-0.25, -0.2) is 4.39 Å². The van der Waals surface area contributed by atoms with Crippen molar-refractivity contribution in [2.45, 2.75) is 31.7 Å². The minimum Gasteiger partial charge on any atom is -0.357 e. The van der Waals surface area contributed by atoms with Gasteiger partial charge in [0.1, 0.15) is 11.9 Å². The molecule has 2 aromatic rings. The summed E-state index contributed by atoms with van der Waals surface area (Å²) in [7, 11) is 1.54. The highest BCUT2D eigenvalue weighted by Gasteiger charge is 2.28. The van der Waals surface area contributed by atoms with Crippen molar-refractivity contribution in [3.05, 3.63) is 69.5 Å². The zero-order valence-corrected chi connectivity index (χ0v) is 18.6. The highest BCUT2D eigenvalue weighted by atomic mass is 35.5. The van der Waals surface area contributed by atoms with E-state index in [0.29, 0.717) is 27.8 Å². The summed E-state index contributed by atoms with van der Waals surface area (Å²) in [5.74, 6) is -0.233. The Kier molecular flexibility index (Phi) is 9.27. The van der Waals surface area contributed by atoms with E-state index in [1.807, 2.05) is 6.92 Å². The average molecular weight is 457 g/mol. The molecule has 8 heteroatoms. The van der Waals surface area contributed by atoms with Gasteiger partial charge >= 0.3 is 0 Å². The van der Waals surface area contributed by atoms with Crippen LogP contribution in [0.25, 0.3) is 0 Å². The van der Waals surface area contributed by atoms with Gasteiger partial charge < -0.3 is 10.2 Å². The van der Waals surface area contributed by atoms with Crippen LogP contribution in [0.4, 0.5) is 4.39 Å². The van der Waals surface area contributed by atoms with Crippen LogP contribution in [0.15, 0.2) is 42.5 Å². The number of halogens is 3. The number of hydrogen-bond donors (Lipinski definition) is 1. The van der Waals surface area contributed by atoms with E-state index in [1.54, 1.807) is 43.4 Å². The van der Waals surface area contributed by atoms with Crippen molar-refractivity contribution in [2.75, 3.05) is 12.8 Å². The number of carbonyl (C=O) groups is 2. The second-order valence-corrected chi connectivity index (χ2v) is 8.19. The topological polar surface area (TPSA) is 49.4 Å². The quantitative estimate of drug-likeness (QED) is 0.582. The number of hydrogen-bond acceptors (Lipinski definition) is 3. The van der Waals surface area contributed by atoms with Crippen LogP contribution in [-0.2, 0) is 21.9 Å². The second-order valence-electron chi connectivity index (χ2n) is 6.39. The van der Waals surface area contributed by atoms with Crippen LogP contribution in [0, 0.1) is 5.82 Å². The third kappa shape index (κ3) is 6.63. The minimum atomic E-state index is -0.615. The van der Waals surface area contributed by atoms with Gasteiger partial charge in [-0.3, -0.25) is 9.59 Å². The second kappa shape index (κ2) is 11.4. The summed E-state index contributed by atoms with van der Waals surface area (Å²) in [4.78, 5) is 26.8. The molecule has 0 aliphatic carbocycles. The largest absolute Gasteiger partial charge is 0.357 e. The predicted molar refractivity (Wildman–Crippen MR) is 118 cm³/mol. The van der Waals surface area contributed by atoms with Crippen molar-refractivity contribution < 1.29 is 14.0 Å². The number of nitrogens with one attached hydrogen (secondary N) is 1. The van der Waals surface area contributed by atoms with Crippen LogP contribution in [0.2, 0.25) is 10.0 Å². The lowest BCUT2D eigenvalue weighted by atomic mass is 10.1. The lowest BCUT2D eigenvalue weighted by Gasteiger charge is -2.30. The standard InChI is InChI=1S/C21H23Cl2FN2O2S/c1-3-19(21(28)25-2)26(11-14-8-9-16(22)17(23)10-14)20(27)13-29-12-15-6-4-5-7-18(15)24/h4-10,19H,3,11-13H2,1-2H3,(H,25,28)/t19-/m0/s1. The number of likely N-dealkylation sites (N-methyl/N-ethyl adjacent to an activating group) is 1. The molecule has 0 fully saturated rings. The van der Waals surface area contributed by atoms with Crippen molar-refractivity contribution in [3.8, 4) is 0 Å². The van der Waals surface area contributed by atoms with Crippen molar-refractivity contribution in [1.29, 1.82) is 0 Å². The monoisotopic (exact) mass is 456 g/mol. The summed E-state index contributed by atoms with van der Waals surface area (Å²) in [5.41, 5.74) is 1.31. The number of benzene rings is 2.